The van der Waals surface area contributed by atoms with Crippen LogP contribution in [-0.4, -0.2) is 13.4 Å². The molecule has 4 nitrogen and oxygen atoms in total. The predicted molar refractivity (Wildman–Crippen MR) is 101 cm³/mol. The van der Waals surface area contributed by atoms with Crippen LogP contribution in [0.1, 0.15) is 16.8 Å². The molecule has 1 aromatic heterocycles. The summed E-state index contributed by atoms with van der Waals surface area (Å²) in [6, 6.07) is 8.48. The van der Waals surface area contributed by atoms with Gasteiger partial charge in [0.25, 0.3) is 10.0 Å². The van der Waals surface area contributed by atoms with Crippen LogP contribution in [0.4, 0.5) is 27.8 Å². The van der Waals surface area contributed by atoms with Crippen LogP contribution in [0.25, 0.3) is 11.1 Å². The number of hydrogen-bond acceptors (Lipinski definition) is 3. The third kappa shape index (κ3) is 4.43. The number of sulfonamides is 1. The fraction of sp³-hybridized carbons (Fsp3) is 0.150. The number of anilines is 1. The summed E-state index contributed by atoms with van der Waals surface area (Å²) < 4.78 is 92.4. The molecule has 1 heterocycles. The molecule has 158 valence electrons. The van der Waals surface area contributed by atoms with E-state index in [1.807, 2.05) is 0 Å². The number of halogens is 5. The molecule has 0 amide bonds. The maximum Gasteiger partial charge on any atom is 0.419 e. The van der Waals surface area contributed by atoms with Crippen molar-refractivity contribution < 1.29 is 30.4 Å². The van der Waals surface area contributed by atoms with Crippen molar-refractivity contribution in [2.24, 2.45) is 0 Å². The van der Waals surface area contributed by atoms with E-state index < -0.39 is 38.3 Å². The lowest BCUT2D eigenvalue weighted by Crippen LogP contribution is -2.16. The number of alkyl halides is 3. The quantitative estimate of drug-likeness (QED) is 0.546. The number of rotatable bonds is 4. The molecule has 1 N–H and O–H groups in total. The third-order valence-corrected chi connectivity index (χ3v) is 5.71. The van der Waals surface area contributed by atoms with E-state index in [0.29, 0.717) is 28.5 Å². The first-order chi connectivity index (χ1) is 13.9. The average Bonchev–Trinajstić information content (AvgIpc) is 2.61. The topological polar surface area (TPSA) is 59.1 Å². The third-order valence-electron chi connectivity index (χ3n) is 4.36. The molecule has 0 unspecified atom stereocenters. The molecular formula is C20H15F5N2O2S. The van der Waals surface area contributed by atoms with E-state index in [1.54, 1.807) is 26.0 Å². The lowest BCUT2D eigenvalue weighted by atomic mass is 9.99. The zero-order valence-electron chi connectivity index (χ0n) is 15.7. The maximum absolute atomic E-state index is 13.4. The molecule has 0 atom stereocenters. The molecule has 0 saturated carbocycles. The lowest BCUT2D eigenvalue weighted by molar-refractivity contribution is -0.140. The van der Waals surface area contributed by atoms with Crippen molar-refractivity contribution in [3.63, 3.8) is 0 Å². The largest absolute Gasteiger partial charge is 0.419 e. The van der Waals surface area contributed by atoms with Crippen LogP contribution in [0, 0.1) is 25.5 Å². The Kier molecular flexibility index (Phi) is 5.55. The van der Waals surface area contributed by atoms with Crippen LogP contribution in [0.15, 0.2) is 53.4 Å². The molecule has 0 bridgehead atoms. The zero-order valence-corrected chi connectivity index (χ0v) is 16.5. The van der Waals surface area contributed by atoms with Crippen molar-refractivity contribution in [2.45, 2.75) is 24.9 Å². The second kappa shape index (κ2) is 7.67. The monoisotopic (exact) mass is 442 g/mol. The Morgan fingerprint density at radius 1 is 0.900 bits per heavy atom. The second-order valence-corrected chi connectivity index (χ2v) is 8.22. The number of aryl methyl sites for hydroxylation is 2. The summed E-state index contributed by atoms with van der Waals surface area (Å²) in [5.41, 5.74) is 0.719. The number of benzene rings is 2. The Bertz CT molecular complexity index is 1220. The highest BCUT2D eigenvalue weighted by Crippen LogP contribution is 2.33. The van der Waals surface area contributed by atoms with Gasteiger partial charge in [0.1, 0.15) is 17.5 Å². The van der Waals surface area contributed by atoms with Crippen LogP contribution in [0.2, 0.25) is 0 Å². The van der Waals surface area contributed by atoms with Crippen molar-refractivity contribution >= 4 is 15.8 Å². The van der Waals surface area contributed by atoms with Crippen LogP contribution < -0.4 is 4.72 Å². The first kappa shape index (κ1) is 21.7. The SMILES string of the molecule is Cc1cc(F)ccc1-c1ccc(NS(=O)(=O)c2ccc(F)c(C(F)(F)F)c2)nc1C. The van der Waals surface area contributed by atoms with Gasteiger partial charge in [0.15, 0.2) is 0 Å². The second-order valence-electron chi connectivity index (χ2n) is 6.53. The molecule has 0 aliphatic heterocycles. The molecule has 30 heavy (non-hydrogen) atoms. The van der Waals surface area contributed by atoms with Crippen LogP contribution in [0.5, 0.6) is 0 Å². The summed E-state index contributed by atoms with van der Waals surface area (Å²) in [7, 11) is -4.45. The Hall–Kier alpha value is -3.01. The summed E-state index contributed by atoms with van der Waals surface area (Å²) in [5, 5.41) is 0. The van der Waals surface area contributed by atoms with E-state index in [1.165, 1.54) is 18.2 Å². The van der Waals surface area contributed by atoms with E-state index in [9.17, 15) is 30.4 Å². The maximum atomic E-state index is 13.4. The molecular weight excluding hydrogens is 427 g/mol. The number of nitrogens with one attached hydrogen (secondary N) is 1. The zero-order chi connectivity index (χ0) is 22.3. The highest BCUT2D eigenvalue weighted by molar-refractivity contribution is 7.92. The van der Waals surface area contributed by atoms with Gasteiger partial charge in [-0.2, -0.15) is 13.2 Å². The van der Waals surface area contributed by atoms with Gasteiger partial charge in [-0.25, -0.2) is 22.2 Å². The summed E-state index contributed by atoms with van der Waals surface area (Å²) in [4.78, 5) is 3.38. The average molecular weight is 442 g/mol. The number of pyridine rings is 1. The number of nitrogens with zero attached hydrogens (tertiary/aromatic N) is 1. The van der Waals surface area contributed by atoms with Crippen molar-refractivity contribution in [2.75, 3.05) is 4.72 Å². The molecule has 3 aromatic rings. The van der Waals surface area contributed by atoms with E-state index in [4.69, 9.17) is 0 Å². The molecule has 10 heteroatoms. The molecule has 2 aromatic carbocycles. The molecule has 3 rings (SSSR count). The van der Waals surface area contributed by atoms with E-state index in [0.717, 1.165) is 6.07 Å². The van der Waals surface area contributed by atoms with Crippen molar-refractivity contribution in [3.8, 4) is 11.1 Å². The van der Waals surface area contributed by atoms with Crippen LogP contribution in [-0.2, 0) is 16.2 Å². The fourth-order valence-electron chi connectivity index (χ4n) is 2.92. The van der Waals surface area contributed by atoms with Gasteiger partial charge in [-0.3, -0.25) is 4.72 Å². The van der Waals surface area contributed by atoms with Crippen molar-refractivity contribution in [1.29, 1.82) is 0 Å². The van der Waals surface area contributed by atoms with E-state index >= 15 is 0 Å². The van der Waals surface area contributed by atoms with Crippen LogP contribution >= 0.6 is 0 Å². The number of hydrogen-bond donors (Lipinski definition) is 1. The van der Waals surface area contributed by atoms with E-state index in [-0.39, 0.29) is 11.9 Å². The van der Waals surface area contributed by atoms with Gasteiger partial charge in [-0.05, 0) is 67.4 Å². The van der Waals surface area contributed by atoms with Gasteiger partial charge < -0.3 is 0 Å². The molecule has 0 aliphatic rings. The van der Waals surface area contributed by atoms with Gasteiger partial charge >= 0.3 is 6.18 Å². The molecule has 0 fully saturated rings. The van der Waals surface area contributed by atoms with Gasteiger partial charge in [0, 0.05) is 11.3 Å². The minimum Gasteiger partial charge on any atom is -0.263 e. The smallest absolute Gasteiger partial charge is 0.263 e. The van der Waals surface area contributed by atoms with Crippen molar-refractivity contribution in [3.05, 3.63) is 77.0 Å². The van der Waals surface area contributed by atoms with Gasteiger partial charge in [-0.1, -0.05) is 6.07 Å². The first-order valence-corrected chi connectivity index (χ1v) is 10.0. The molecule has 0 aliphatic carbocycles. The van der Waals surface area contributed by atoms with E-state index in [2.05, 4.69) is 9.71 Å². The first-order valence-electron chi connectivity index (χ1n) is 8.52. The minimum absolute atomic E-state index is 0.131. The Morgan fingerprint density at radius 3 is 2.17 bits per heavy atom. The Balaban J connectivity index is 1.94. The number of aromatic nitrogens is 1. The fourth-order valence-corrected chi connectivity index (χ4v) is 3.94. The minimum atomic E-state index is -5.04. The lowest BCUT2D eigenvalue weighted by Gasteiger charge is -2.13. The Morgan fingerprint density at radius 2 is 1.57 bits per heavy atom. The summed E-state index contributed by atoms with van der Waals surface area (Å²) in [5.74, 6) is -2.10. The van der Waals surface area contributed by atoms with Gasteiger partial charge in [-0.15, -0.1) is 0 Å². The summed E-state index contributed by atoms with van der Waals surface area (Å²) in [6.45, 7) is 3.32. The standard InChI is InChI=1S/C20H15F5N2O2S/c1-11-9-13(21)3-5-15(11)16-6-8-19(26-12(16)2)27-30(28,29)14-4-7-18(22)17(10-14)20(23,24)25/h3-10H,1-2H3,(H,26,27). The predicted octanol–water partition coefficient (Wildman–Crippen LogP) is 5.46. The molecule has 0 radical (unpaired) electrons. The Labute approximate surface area is 169 Å². The molecule has 0 spiro atoms. The van der Waals surface area contributed by atoms with Crippen LogP contribution in [0.3, 0.4) is 0 Å². The van der Waals surface area contributed by atoms with Crippen molar-refractivity contribution in [1.82, 2.24) is 4.98 Å². The normalized spacial score (nSPS) is 12.1. The summed E-state index contributed by atoms with van der Waals surface area (Å²) >= 11 is 0. The van der Waals surface area contributed by atoms with Gasteiger partial charge in [0.05, 0.1) is 10.5 Å². The molecule has 0 saturated heterocycles. The van der Waals surface area contributed by atoms with Gasteiger partial charge in [0.2, 0.25) is 0 Å². The summed E-state index contributed by atoms with van der Waals surface area (Å²) in [6.07, 6.45) is -5.04. The highest BCUT2D eigenvalue weighted by atomic mass is 32.2. The highest BCUT2D eigenvalue weighted by Gasteiger charge is 2.35.